The topological polar surface area (TPSA) is 172 Å². The van der Waals surface area contributed by atoms with Crippen LogP contribution in [-0.2, 0) is 43.7 Å². The molecular formula is C20H31N4O10P. The smallest absolute Gasteiger partial charge is 0.432 e. The summed E-state index contributed by atoms with van der Waals surface area (Å²) in [6, 6.07) is 3.59. The van der Waals surface area contributed by atoms with Crippen LogP contribution in [0.2, 0.25) is 0 Å². The predicted octanol–water partition coefficient (Wildman–Crippen LogP) is 3.48. The van der Waals surface area contributed by atoms with Crippen LogP contribution in [0.25, 0.3) is 5.52 Å². The Bertz CT molecular complexity index is 996. The lowest BCUT2D eigenvalue weighted by Crippen LogP contribution is -2.19. The van der Waals surface area contributed by atoms with Gasteiger partial charge in [-0.1, -0.05) is 0 Å². The summed E-state index contributed by atoms with van der Waals surface area (Å²) in [7, 11) is -4.04. The average molecular weight is 518 g/mol. The van der Waals surface area contributed by atoms with Gasteiger partial charge in [0, 0.05) is 12.1 Å². The molecule has 2 heterocycles. The summed E-state index contributed by atoms with van der Waals surface area (Å²) in [6.07, 6.45) is -2.15. The molecule has 0 spiro atoms. The Morgan fingerprint density at radius 3 is 2.11 bits per heavy atom. The number of nitrogens with two attached hydrogens (primary N) is 1. The summed E-state index contributed by atoms with van der Waals surface area (Å²) in [6.45, 7) is 6.79. The molecule has 0 amide bonds. The second kappa shape index (κ2) is 13.2. The Morgan fingerprint density at radius 2 is 1.57 bits per heavy atom. The average Bonchev–Trinajstić information content (AvgIpc) is 3.15. The number of carbonyl (C=O) groups excluding carboxylic acids is 2. The van der Waals surface area contributed by atoms with Gasteiger partial charge in [0.25, 0.3) is 0 Å². The highest BCUT2D eigenvalue weighted by Crippen LogP contribution is 2.48. The van der Waals surface area contributed by atoms with Crippen molar-refractivity contribution in [2.45, 2.75) is 59.4 Å². The third kappa shape index (κ3) is 9.68. The van der Waals surface area contributed by atoms with Crippen LogP contribution in [0.4, 0.5) is 15.4 Å². The number of hydrogen-bond acceptors (Lipinski definition) is 13. The maximum absolute atomic E-state index is 13.1. The zero-order chi connectivity index (χ0) is 26.0. The number of ether oxygens (including phenoxy) is 5. The Balaban J connectivity index is 1.95. The van der Waals surface area contributed by atoms with Crippen molar-refractivity contribution in [3.05, 3.63) is 24.2 Å². The fraction of sp³-hybridized carbons (Fsp3) is 0.600. The number of hydrogen-bond donors (Lipinski definition) is 1. The number of nitrogen functional groups attached to an aromatic ring is 1. The normalized spacial score (nSPS) is 12.7. The Kier molecular flexibility index (Phi) is 10.7. The molecule has 2 N–H and O–H groups in total. The fourth-order valence-electron chi connectivity index (χ4n) is 2.61. The van der Waals surface area contributed by atoms with E-state index in [0.717, 1.165) is 5.69 Å². The third-order valence-corrected chi connectivity index (χ3v) is 5.55. The first-order valence-corrected chi connectivity index (χ1v) is 12.5. The van der Waals surface area contributed by atoms with Gasteiger partial charge in [-0.15, -0.1) is 0 Å². The molecule has 14 nitrogen and oxygen atoms in total. The SMILES string of the molecule is CC(C)OC(=O)OCOP(=O)(COC(C)Cc1ccc2c(N)ncnn12)OCOC(=O)OC(C)C. The van der Waals surface area contributed by atoms with Crippen molar-refractivity contribution in [3.8, 4) is 0 Å². The molecule has 15 heteroatoms. The number of rotatable bonds is 13. The van der Waals surface area contributed by atoms with Gasteiger partial charge in [-0.3, -0.25) is 13.6 Å². The lowest BCUT2D eigenvalue weighted by atomic mass is 10.2. The summed E-state index contributed by atoms with van der Waals surface area (Å²) in [5.74, 6) is 0.332. The minimum atomic E-state index is -4.04. The second-order valence-corrected chi connectivity index (χ2v) is 9.80. The minimum absolute atomic E-state index is 0.332. The lowest BCUT2D eigenvalue weighted by Gasteiger charge is -2.21. The van der Waals surface area contributed by atoms with Crippen molar-refractivity contribution in [1.82, 2.24) is 14.6 Å². The maximum atomic E-state index is 13.1. The Hall–Kier alpha value is -2.93. The molecule has 2 rings (SSSR count). The van der Waals surface area contributed by atoms with E-state index in [9.17, 15) is 14.2 Å². The molecule has 0 aliphatic heterocycles. The van der Waals surface area contributed by atoms with E-state index in [0.29, 0.717) is 17.8 Å². The number of fused-ring (bicyclic) bond motifs is 1. The molecule has 0 aromatic carbocycles. The van der Waals surface area contributed by atoms with Crippen LogP contribution in [0.15, 0.2) is 18.5 Å². The summed E-state index contributed by atoms with van der Waals surface area (Å²) in [4.78, 5) is 27.0. The van der Waals surface area contributed by atoms with E-state index in [1.165, 1.54) is 6.33 Å². The van der Waals surface area contributed by atoms with Crippen molar-refractivity contribution < 1.29 is 46.9 Å². The van der Waals surface area contributed by atoms with Gasteiger partial charge in [0.2, 0.25) is 13.6 Å². The molecule has 0 aliphatic rings. The van der Waals surface area contributed by atoms with E-state index in [1.54, 1.807) is 45.2 Å². The molecular weight excluding hydrogens is 487 g/mol. The van der Waals surface area contributed by atoms with Crippen molar-refractivity contribution >= 4 is 31.2 Å². The first-order valence-electron chi connectivity index (χ1n) is 10.7. The van der Waals surface area contributed by atoms with Gasteiger partial charge in [-0.05, 0) is 46.8 Å². The van der Waals surface area contributed by atoms with Gasteiger partial charge in [-0.25, -0.2) is 19.1 Å². The standard InChI is InChI=1S/C20H31N4O10P/c1-13(2)33-19(25)28-10-31-35(27,32-11-29-20(26)34-14(3)4)12-30-15(5)8-16-6-7-17-18(21)22-9-23-24(16)17/h6-7,9,13-15H,8,10-12H2,1-5H3,(H2,21,22,23). The summed E-state index contributed by atoms with van der Waals surface area (Å²) in [5, 5.41) is 4.16. The predicted molar refractivity (Wildman–Crippen MR) is 121 cm³/mol. The summed E-state index contributed by atoms with van der Waals surface area (Å²) in [5.41, 5.74) is 7.26. The van der Waals surface area contributed by atoms with Crippen LogP contribution in [0.1, 0.15) is 40.3 Å². The van der Waals surface area contributed by atoms with Crippen molar-refractivity contribution in [2.75, 3.05) is 25.7 Å². The molecule has 196 valence electrons. The molecule has 2 aromatic rings. The van der Waals surface area contributed by atoms with Gasteiger partial charge >= 0.3 is 19.9 Å². The highest BCUT2D eigenvalue weighted by Gasteiger charge is 2.29. The summed E-state index contributed by atoms with van der Waals surface area (Å²) < 4.78 is 49.7. The van der Waals surface area contributed by atoms with Crippen LogP contribution >= 0.6 is 7.60 Å². The maximum Gasteiger partial charge on any atom is 0.510 e. The van der Waals surface area contributed by atoms with E-state index in [-0.39, 0.29) is 0 Å². The van der Waals surface area contributed by atoms with Gasteiger partial charge in [0.05, 0.1) is 18.3 Å². The van der Waals surface area contributed by atoms with Crippen molar-refractivity contribution in [2.24, 2.45) is 0 Å². The van der Waals surface area contributed by atoms with Crippen LogP contribution < -0.4 is 5.73 Å². The monoisotopic (exact) mass is 518 g/mol. The molecule has 35 heavy (non-hydrogen) atoms. The number of carbonyl (C=O) groups is 2. The summed E-state index contributed by atoms with van der Waals surface area (Å²) >= 11 is 0. The molecule has 0 saturated carbocycles. The van der Waals surface area contributed by atoms with Crippen molar-refractivity contribution in [3.63, 3.8) is 0 Å². The second-order valence-electron chi connectivity index (χ2n) is 7.80. The number of anilines is 1. The fourth-order valence-corrected chi connectivity index (χ4v) is 3.70. The van der Waals surface area contributed by atoms with E-state index >= 15 is 0 Å². The first kappa shape index (κ1) is 28.3. The Labute approximate surface area is 202 Å². The molecule has 0 fully saturated rings. The van der Waals surface area contributed by atoms with Crippen LogP contribution in [0, 0.1) is 0 Å². The largest absolute Gasteiger partial charge is 0.510 e. The van der Waals surface area contributed by atoms with Crippen LogP contribution in [0.3, 0.4) is 0 Å². The zero-order valence-electron chi connectivity index (χ0n) is 20.2. The third-order valence-electron chi connectivity index (χ3n) is 4.09. The quantitative estimate of drug-likeness (QED) is 0.232. The van der Waals surface area contributed by atoms with Gasteiger partial charge in [0.15, 0.2) is 5.82 Å². The van der Waals surface area contributed by atoms with E-state index in [1.807, 2.05) is 6.07 Å². The highest BCUT2D eigenvalue weighted by atomic mass is 31.2. The molecule has 0 bridgehead atoms. The van der Waals surface area contributed by atoms with E-state index < -0.39 is 58.2 Å². The molecule has 1 unspecified atom stereocenters. The van der Waals surface area contributed by atoms with E-state index in [4.69, 9.17) is 38.5 Å². The first-order chi connectivity index (χ1) is 16.5. The van der Waals surface area contributed by atoms with Gasteiger partial charge < -0.3 is 29.4 Å². The highest BCUT2D eigenvalue weighted by molar-refractivity contribution is 7.53. The molecule has 2 aromatic heterocycles. The Morgan fingerprint density at radius 1 is 1.00 bits per heavy atom. The molecule has 1 atom stereocenters. The molecule has 0 radical (unpaired) electrons. The van der Waals surface area contributed by atoms with Crippen molar-refractivity contribution in [1.29, 1.82) is 0 Å². The van der Waals surface area contributed by atoms with Gasteiger partial charge in [-0.2, -0.15) is 5.10 Å². The van der Waals surface area contributed by atoms with Gasteiger partial charge in [0.1, 0.15) is 18.2 Å². The molecule has 0 saturated heterocycles. The van der Waals surface area contributed by atoms with Crippen LogP contribution in [-0.4, -0.2) is 65.2 Å². The lowest BCUT2D eigenvalue weighted by molar-refractivity contribution is -0.0364. The number of aromatic nitrogens is 3. The molecule has 0 aliphatic carbocycles. The van der Waals surface area contributed by atoms with Crippen LogP contribution in [0.5, 0.6) is 0 Å². The zero-order valence-corrected chi connectivity index (χ0v) is 21.1. The van der Waals surface area contributed by atoms with E-state index in [2.05, 4.69) is 10.1 Å². The number of nitrogens with zero attached hydrogens (tertiary/aromatic N) is 3. The minimum Gasteiger partial charge on any atom is -0.432 e.